The molecule has 0 bridgehead atoms. The molecule has 3 aromatic rings. The molecule has 3 aromatic carbocycles. The molecule has 30 heavy (non-hydrogen) atoms. The molecule has 0 aliphatic heterocycles. The summed E-state index contributed by atoms with van der Waals surface area (Å²) in [4.78, 5) is 13.0. The molecule has 0 radical (unpaired) electrons. The predicted octanol–water partition coefficient (Wildman–Crippen LogP) is 4.68. The smallest absolute Gasteiger partial charge is 0.307 e. The van der Waals surface area contributed by atoms with Gasteiger partial charge in [0, 0.05) is 29.9 Å². The van der Waals surface area contributed by atoms with E-state index in [2.05, 4.69) is 0 Å². The number of hydrogen-bond donors (Lipinski definition) is 1. The fourth-order valence-corrected chi connectivity index (χ4v) is 3.28. The van der Waals surface area contributed by atoms with Crippen LogP contribution >= 0.6 is 0 Å². The second kappa shape index (κ2) is 9.78. The second-order valence-corrected chi connectivity index (χ2v) is 6.86. The molecule has 5 nitrogen and oxygen atoms in total. The van der Waals surface area contributed by atoms with Crippen molar-refractivity contribution in [2.45, 2.75) is 19.5 Å². The number of rotatable bonds is 9. The highest BCUT2D eigenvalue weighted by Gasteiger charge is 2.15. The van der Waals surface area contributed by atoms with Crippen molar-refractivity contribution in [3.63, 3.8) is 0 Å². The lowest BCUT2D eigenvalue weighted by atomic mass is 10.1. The molecule has 6 heteroatoms. The molecule has 1 N–H and O–H groups in total. The Morgan fingerprint density at radius 2 is 1.63 bits per heavy atom. The fourth-order valence-electron chi connectivity index (χ4n) is 3.28. The number of ether oxygens (including phenoxy) is 2. The highest BCUT2D eigenvalue weighted by molar-refractivity contribution is 5.70. The van der Waals surface area contributed by atoms with Crippen LogP contribution in [0.1, 0.15) is 16.7 Å². The van der Waals surface area contributed by atoms with Gasteiger partial charge in [0.05, 0.1) is 20.6 Å². The maximum Gasteiger partial charge on any atom is 0.307 e. The van der Waals surface area contributed by atoms with Gasteiger partial charge in [-0.1, -0.05) is 30.3 Å². The molecule has 0 amide bonds. The van der Waals surface area contributed by atoms with Gasteiger partial charge in [-0.25, -0.2) is 4.39 Å². The number of aliphatic carboxylic acids is 1. The first kappa shape index (κ1) is 21.2. The zero-order valence-electron chi connectivity index (χ0n) is 17.0. The van der Waals surface area contributed by atoms with Crippen molar-refractivity contribution in [1.29, 1.82) is 0 Å². The normalized spacial score (nSPS) is 10.5. The average molecular weight is 409 g/mol. The molecule has 156 valence electrons. The lowest BCUT2D eigenvalue weighted by Gasteiger charge is -2.26. The Hall–Kier alpha value is -3.54. The number of hydrogen-bond acceptors (Lipinski definition) is 4. The number of nitrogens with zero attached hydrogens (tertiary/aromatic N) is 1. The molecule has 0 aliphatic carbocycles. The third kappa shape index (κ3) is 5.29. The van der Waals surface area contributed by atoms with Crippen LogP contribution < -0.4 is 14.4 Å². The Balaban J connectivity index is 1.95. The van der Waals surface area contributed by atoms with Gasteiger partial charge in [-0.15, -0.1) is 0 Å². The van der Waals surface area contributed by atoms with Gasteiger partial charge in [-0.05, 0) is 42.0 Å². The molecule has 0 saturated heterocycles. The highest BCUT2D eigenvalue weighted by Crippen LogP contribution is 2.29. The maximum atomic E-state index is 14.3. The van der Waals surface area contributed by atoms with Gasteiger partial charge in [0.2, 0.25) is 0 Å². The van der Waals surface area contributed by atoms with E-state index in [0.29, 0.717) is 35.7 Å². The van der Waals surface area contributed by atoms with E-state index in [1.165, 1.54) is 6.07 Å². The Kier molecular flexibility index (Phi) is 6.91. The Morgan fingerprint density at radius 3 is 2.27 bits per heavy atom. The largest absolute Gasteiger partial charge is 0.497 e. The minimum Gasteiger partial charge on any atom is -0.497 e. The van der Waals surface area contributed by atoms with E-state index in [4.69, 9.17) is 14.6 Å². The topological polar surface area (TPSA) is 59.0 Å². The second-order valence-electron chi connectivity index (χ2n) is 6.86. The summed E-state index contributed by atoms with van der Waals surface area (Å²) < 4.78 is 25.2. The van der Waals surface area contributed by atoms with Crippen LogP contribution in [-0.4, -0.2) is 25.3 Å². The molecule has 0 aromatic heterocycles. The number of benzene rings is 3. The maximum absolute atomic E-state index is 14.3. The zero-order valence-corrected chi connectivity index (χ0v) is 17.0. The molecule has 3 rings (SSSR count). The molecular weight excluding hydrogens is 385 g/mol. The molecule has 0 spiro atoms. The molecule has 0 unspecified atom stereocenters. The third-order valence-electron chi connectivity index (χ3n) is 4.82. The lowest BCUT2D eigenvalue weighted by molar-refractivity contribution is -0.136. The number of carboxylic acid groups (broad SMARTS) is 1. The van der Waals surface area contributed by atoms with E-state index in [1.54, 1.807) is 44.6 Å². The summed E-state index contributed by atoms with van der Waals surface area (Å²) in [5, 5.41) is 8.99. The quantitative estimate of drug-likeness (QED) is 0.556. The van der Waals surface area contributed by atoms with Gasteiger partial charge in [-0.2, -0.15) is 0 Å². The van der Waals surface area contributed by atoms with Crippen LogP contribution in [0.25, 0.3) is 0 Å². The summed E-state index contributed by atoms with van der Waals surface area (Å²) in [6, 6.07) is 19.5. The standard InChI is InChI=1S/C24H24FNO4/c1-29-21-11-12-23(30-2)19(14-21)16-26(15-18-5-3-4-6-22(18)25)20-9-7-17(8-10-20)13-24(27)28/h3-12,14H,13,15-16H2,1-2H3,(H,27,28). The summed E-state index contributed by atoms with van der Waals surface area (Å²) in [5.74, 6) is 0.250. The van der Waals surface area contributed by atoms with Crippen LogP contribution in [0.4, 0.5) is 10.1 Å². The minimum absolute atomic E-state index is 0.0443. The Morgan fingerprint density at radius 1 is 0.933 bits per heavy atom. The van der Waals surface area contributed by atoms with Crippen molar-refractivity contribution >= 4 is 11.7 Å². The van der Waals surface area contributed by atoms with Gasteiger partial charge in [0.25, 0.3) is 0 Å². The molecule has 0 fully saturated rings. The number of halogens is 1. The zero-order chi connectivity index (χ0) is 21.5. The van der Waals surface area contributed by atoms with Crippen molar-refractivity contribution in [2.24, 2.45) is 0 Å². The fraction of sp³-hybridized carbons (Fsp3) is 0.208. The number of methoxy groups -OCH3 is 2. The van der Waals surface area contributed by atoms with Gasteiger partial charge >= 0.3 is 5.97 Å². The predicted molar refractivity (Wildman–Crippen MR) is 114 cm³/mol. The summed E-state index contributed by atoms with van der Waals surface area (Å²) in [6.45, 7) is 0.790. The Bertz CT molecular complexity index is 1000. The lowest BCUT2D eigenvalue weighted by Crippen LogP contribution is -2.23. The Labute approximate surface area is 175 Å². The van der Waals surface area contributed by atoms with Crippen molar-refractivity contribution in [3.8, 4) is 11.5 Å². The summed E-state index contributed by atoms with van der Waals surface area (Å²) >= 11 is 0. The highest BCUT2D eigenvalue weighted by atomic mass is 19.1. The van der Waals surface area contributed by atoms with E-state index in [1.807, 2.05) is 35.2 Å². The summed E-state index contributed by atoms with van der Waals surface area (Å²) in [6.07, 6.45) is -0.0443. The number of anilines is 1. The van der Waals surface area contributed by atoms with E-state index in [-0.39, 0.29) is 12.2 Å². The van der Waals surface area contributed by atoms with Gasteiger partial charge in [-0.3, -0.25) is 4.79 Å². The first-order valence-corrected chi connectivity index (χ1v) is 9.50. The molecule has 0 aliphatic rings. The first-order chi connectivity index (χ1) is 14.5. The van der Waals surface area contributed by atoms with Crippen LogP contribution in [0.5, 0.6) is 11.5 Å². The number of carbonyl (C=O) groups is 1. The first-order valence-electron chi connectivity index (χ1n) is 9.50. The van der Waals surface area contributed by atoms with Gasteiger partial charge in [0.1, 0.15) is 17.3 Å². The van der Waals surface area contributed by atoms with Crippen LogP contribution in [-0.2, 0) is 24.3 Å². The summed E-state index contributed by atoms with van der Waals surface area (Å²) in [5.41, 5.74) is 3.00. The van der Waals surface area contributed by atoms with Crippen molar-refractivity contribution in [3.05, 3.63) is 89.2 Å². The van der Waals surface area contributed by atoms with E-state index in [0.717, 1.165) is 11.3 Å². The van der Waals surface area contributed by atoms with Crippen molar-refractivity contribution < 1.29 is 23.8 Å². The number of carboxylic acids is 1. The van der Waals surface area contributed by atoms with Gasteiger partial charge in [0.15, 0.2) is 0 Å². The summed E-state index contributed by atoms with van der Waals surface area (Å²) in [7, 11) is 3.21. The van der Waals surface area contributed by atoms with Crippen molar-refractivity contribution in [2.75, 3.05) is 19.1 Å². The SMILES string of the molecule is COc1ccc(OC)c(CN(Cc2ccccc2F)c2ccc(CC(=O)O)cc2)c1. The van der Waals surface area contributed by atoms with Crippen LogP contribution in [0.2, 0.25) is 0 Å². The van der Waals surface area contributed by atoms with E-state index < -0.39 is 5.97 Å². The molecule has 0 heterocycles. The molecular formula is C24H24FNO4. The third-order valence-corrected chi connectivity index (χ3v) is 4.82. The van der Waals surface area contributed by atoms with Crippen LogP contribution in [0.3, 0.4) is 0 Å². The van der Waals surface area contributed by atoms with Gasteiger partial charge < -0.3 is 19.5 Å². The molecule has 0 atom stereocenters. The van der Waals surface area contributed by atoms with E-state index >= 15 is 0 Å². The monoisotopic (exact) mass is 409 g/mol. The van der Waals surface area contributed by atoms with Crippen LogP contribution in [0.15, 0.2) is 66.7 Å². The average Bonchev–Trinajstić information content (AvgIpc) is 2.75. The molecule has 0 saturated carbocycles. The van der Waals surface area contributed by atoms with E-state index in [9.17, 15) is 9.18 Å². The minimum atomic E-state index is -0.882. The van der Waals surface area contributed by atoms with Crippen molar-refractivity contribution in [1.82, 2.24) is 0 Å². The van der Waals surface area contributed by atoms with Crippen LogP contribution in [0, 0.1) is 5.82 Å².